The second-order valence-electron chi connectivity index (χ2n) is 2.86. The van der Waals surface area contributed by atoms with Gasteiger partial charge >= 0.3 is 0 Å². The third kappa shape index (κ3) is 1.64. The van der Waals surface area contributed by atoms with Crippen LogP contribution in [0.15, 0.2) is 22.4 Å². The molecule has 0 aliphatic carbocycles. The van der Waals surface area contributed by atoms with Crippen LogP contribution in [-0.4, -0.2) is 0 Å². The average Bonchev–Trinajstić information content (AvgIpc) is 2.63. The summed E-state index contributed by atoms with van der Waals surface area (Å²) in [6.07, 6.45) is 0.431. The molecular formula is C10H6INS2. The molecular weight excluding hydrogens is 325 g/mol. The summed E-state index contributed by atoms with van der Waals surface area (Å²) in [5.74, 6) is 0. The predicted octanol–water partition coefficient (Wildman–Crippen LogP) is 3.86. The predicted molar refractivity (Wildman–Crippen MR) is 71.1 cm³/mol. The van der Waals surface area contributed by atoms with E-state index in [9.17, 15) is 0 Å². The van der Waals surface area contributed by atoms with Crippen LogP contribution in [-0.2, 0) is 6.42 Å². The molecule has 14 heavy (non-hydrogen) atoms. The molecule has 0 unspecified atom stereocenters. The van der Waals surface area contributed by atoms with Gasteiger partial charge < -0.3 is 0 Å². The van der Waals surface area contributed by atoms with E-state index in [1.807, 2.05) is 6.07 Å². The Morgan fingerprint density at radius 2 is 2.36 bits per heavy atom. The van der Waals surface area contributed by atoms with Gasteiger partial charge in [0.2, 0.25) is 0 Å². The first kappa shape index (κ1) is 10.3. The van der Waals surface area contributed by atoms with Crippen molar-refractivity contribution in [1.82, 2.24) is 0 Å². The highest BCUT2D eigenvalue weighted by Gasteiger charge is 2.08. The van der Waals surface area contributed by atoms with E-state index in [2.05, 4.69) is 52.7 Å². The summed E-state index contributed by atoms with van der Waals surface area (Å²) >= 11 is 8.48. The minimum Gasteiger partial charge on any atom is -0.198 e. The van der Waals surface area contributed by atoms with E-state index >= 15 is 0 Å². The molecule has 0 atom stereocenters. The number of benzene rings is 1. The molecule has 0 aliphatic heterocycles. The highest BCUT2D eigenvalue weighted by Crippen LogP contribution is 2.33. The van der Waals surface area contributed by atoms with Crippen LogP contribution >= 0.6 is 46.6 Å². The molecule has 0 fully saturated rings. The van der Waals surface area contributed by atoms with E-state index in [0.717, 1.165) is 15.8 Å². The van der Waals surface area contributed by atoms with Crippen molar-refractivity contribution < 1.29 is 0 Å². The average molecular weight is 331 g/mol. The van der Waals surface area contributed by atoms with Crippen LogP contribution in [0, 0.1) is 14.9 Å². The van der Waals surface area contributed by atoms with Crippen molar-refractivity contribution in [2.45, 2.75) is 11.3 Å². The highest BCUT2D eigenvalue weighted by molar-refractivity contribution is 14.1. The summed E-state index contributed by atoms with van der Waals surface area (Å²) in [5.41, 5.74) is 1.02. The second-order valence-corrected chi connectivity index (χ2v) is 5.39. The van der Waals surface area contributed by atoms with E-state index in [1.54, 1.807) is 11.3 Å². The van der Waals surface area contributed by atoms with Crippen LogP contribution in [0.25, 0.3) is 10.1 Å². The molecule has 0 bridgehead atoms. The molecule has 1 aromatic carbocycles. The summed E-state index contributed by atoms with van der Waals surface area (Å²) in [7, 11) is 0. The topological polar surface area (TPSA) is 23.8 Å². The van der Waals surface area contributed by atoms with Crippen LogP contribution in [0.2, 0.25) is 0 Å². The zero-order chi connectivity index (χ0) is 10.1. The zero-order valence-corrected chi connectivity index (χ0v) is 11.0. The Balaban J connectivity index is 2.76. The van der Waals surface area contributed by atoms with Gasteiger partial charge in [-0.05, 0) is 45.7 Å². The lowest BCUT2D eigenvalue weighted by Crippen LogP contribution is -1.86. The molecule has 2 rings (SSSR count). The minimum absolute atomic E-state index is 0.431. The van der Waals surface area contributed by atoms with Gasteiger partial charge in [0.05, 0.1) is 12.5 Å². The second kappa shape index (κ2) is 4.09. The maximum absolute atomic E-state index is 8.67. The lowest BCUT2D eigenvalue weighted by molar-refractivity contribution is 1.20. The van der Waals surface area contributed by atoms with Gasteiger partial charge in [-0.25, -0.2) is 0 Å². The van der Waals surface area contributed by atoms with Gasteiger partial charge in [-0.3, -0.25) is 0 Å². The summed E-state index contributed by atoms with van der Waals surface area (Å²) in [5, 5.41) is 11.9. The van der Waals surface area contributed by atoms with Gasteiger partial charge in [-0.2, -0.15) is 5.26 Å². The van der Waals surface area contributed by atoms with Crippen LogP contribution in [0.1, 0.15) is 5.56 Å². The maximum atomic E-state index is 8.67. The van der Waals surface area contributed by atoms with Gasteiger partial charge in [0, 0.05) is 18.6 Å². The first-order valence-corrected chi connectivity index (χ1v) is 6.39. The van der Waals surface area contributed by atoms with E-state index in [1.165, 1.54) is 8.27 Å². The number of thiol groups is 1. The van der Waals surface area contributed by atoms with Gasteiger partial charge in [-0.15, -0.1) is 24.0 Å². The zero-order valence-electron chi connectivity index (χ0n) is 7.12. The van der Waals surface area contributed by atoms with Crippen molar-refractivity contribution in [2.24, 2.45) is 0 Å². The van der Waals surface area contributed by atoms with Gasteiger partial charge in [-0.1, -0.05) is 0 Å². The Hall–Kier alpha value is -0.250. The van der Waals surface area contributed by atoms with Crippen molar-refractivity contribution in [2.75, 3.05) is 0 Å². The Labute approximate surface area is 105 Å². The number of hydrogen-bond acceptors (Lipinski definition) is 3. The van der Waals surface area contributed by atoms with Gasteiger partial charge in [0.25, 0.3) is 0 Å². The molecule has 0 aliphatic rings. The van der Waals surface area contributed by atoms with Crippen molar-refractivity contribution in [3.63, 3.8) is 0 Å². The minimum atomic E-state index is 0.431. The number of thiophene rings is 1. The number of nitrogens with zero attached hydrogens (tertiary/aromatic N) is 1. The summed E-state index contributed by atoms with van der Waals surface area (Å²) in [6, 6.07) is 6.27. The number of nitriles is 1. The fourth-order valence-corrected chi connectivity index (χ4v) is 3.62. The molecule has 1 aromatic heterocycles. The molecule has 0 amide bonds. The first-order chi connectivity index (χ1) is 6.74. The normalized spacial score (nSPS) is 10.4. The van der Waals surface area contributed by atoms with Crippen LogP contribution in [0.4, 0.5) is 0 Å². The van der Waals surface area contributed by atoms with Crippen LogP contribution in [0.3, 0.4) is 0 Å². The van der Waals surface area contributed by atoms with Crippen LogP contribution in [0.5, 0.6) is 0 Å². The van der Waals surface area contributed by atoms with E-state index in [0.29, 0.717) is 6.42 Å². The molecule has 70 valence electrons. The molecule has 0 radical (unpaired) electrons. The SMILES string of the molecule is N#CCc1cc(I)c2sccc2c1S. The van der Waals surface area contributed by atoms with Crippen molar-refractivity contribution in [1.29, 1.82) is 5.26 Å². The largest absolute Gasteiger partial charge is 0.198 e. The number of halogens is 1. The third-order valence-electron chi connectivity index (χ3n) is 2.01. The van der Waals surface area contributed by atoms with E-state index < -0.39 is 0 Å². The molecule has 0 spiro atoms. The summed E-state index contributed by atoms with van der Waals surface area (Å²) in [6.45, 7) is 0. The van der Waals surface area contributed by atoms with Crippen LogP contribution < -0.4 is 0 Å². The molecule has 1 heterocycles. The smallest absolute Gasteiger partial charge is 0.0670 e. The van der Waals surface area contributed by atoms with Gasteiger partial charge in [0.1, 0.15) is 0 Å². The van der Waals surface area contributed by atoms with Crippen molar-refractivity contribution in [3.05, 3.63) is 26.6 Å². The number of hydrogen-bond donors (Lipinski definition) is 1. The monoisotopic (exact) mass is 331 g/mol. The Kier molecular flexibility index (Phi) is 3.00. The highest BCUT2D eigenvalue weighted by atomic mass is 127. The lowest BCUT2D eigenvalue weighted by Gasteiger charge is -2.04. The molecule has 0 saturated carbocycles. The quantitative estimate of drug-likeness (QED) is 0.623. The first-order valence-electron chi connectivity index (χ1n) is 3.98. The molecule has 2 aromatic rings. The molecule has 0 saturated heterocycles. The maximum Gasteiger partial charge on any atom is 0.0670 e. The molecule has 0 N–H and O–H groups in total. The summed E-state index contributed by atoms with van der Waals surface area (Å²) in [4.78, 5) is 0.947. The lowest BCUT2D eigenvalue weighted by atomic mass is 10.1. The Morgan fingerprint density at radius 1 is 1.57 bits per heavy atom. The number of rotatable bonds is 1. The fraction of sp³-hybridized carbons (Fsp3) is 0.100. The fourth-order valence-electron chi connectivity index (χ4n) is 1.36. The number of fused-ring (bicyclic) bond motifs is 1. The molecule has 4 heteroatoms. The van der Waals surface area contributed by atoms with E-state index in [-0.39, 0.29) is 0 Å². The standard InChI is InChI=1S/C10H6INS2/c11-8-5-6(1-3-12)9(13)7-2-4-14-10(7)8/h2,4-5,13H,1H2. The van der Waals surface area contributed by atoms with Crippen molar-refractivity contribution >= 4 is 56.6 Å². The molecule has 1 nitrogen and oxygen atoms in total. The van der Waals surface area contributed by atoms with E-state index in [4.69, 9.17) is 5.26 Å². The van der Waals surface area contributed by atoms with Crippen molar-refractivity contribution in [3.8, 4) is 6.07 Å². The van der Waals surface area contributed by atoms with Gasteiger partial charge in [0.15, 0.2) is 0 Å². The summed E-state index contributed by atoms with van der Waals surface area (Å²) < 4.78 is 2.47. The third-order valence-corrected chi connectivity index (χ3v) is 4.70. The Bertz CT molecular complexity index is 525. The Morgan fingerprint density at radius 3 is 3.07 bits per heavy atom.